The molecule has 148 valence electrons. The summed E-state index contributed by atoms with van der Waals surface area (Å²) in [4.78, 5) is 26.4. The summed E-state index contributed by atoms with van der Waals surface area (Å²) in [6.45, 7) is 0.413. The van der Waals surface area contributed by atoms with Gasteiger partial charge in [-0.25, -0.2) is 0 Å². The quantitative estimate of drug-likeness (QED) is 0.821. The van der Waals surface area contributed by atoms with E-state index in [0.717, 1.165) is 31.4 Å². The van der Waals surface area contributed by atoms with Gasteiger partial charge in [-0.1, -0.05) is 18.6 Å². The zero-order chi connectivity index (χ0) is 18.1. The Morgan fingerprint density at radius 3 is 2.67 bits per heavy atom. The number of nitrogens with two attached hydrogens (primary N) is 1. The van der Waals surface area contributed by atoms with Crippen molar-refractivity contribution in [1.82, 2.24) is 5.32 Å². The molecule has 0 radical (unpaired) electrons. The molecular formula is C20H28ClN3O3. The Labute approximate surface area is 166 Å². The second-order valence-corrected chi connectivity index (χ2v) is 7.83. The minimum absolute atomic E-state index is 0. The van der Waals surface area contributed by atoms with Gasteiger partial charge in [0.25, 0.3) is 5.91 Å². The molecule has 0 spiro atoms. The van der Waals surface area contributed by atoms with Gasteiger partial charge in [-0.15, -0.1) is 12.4 Å². The van der Waals surface area contributed by atoms with Crippen molar-refractivity contribution in [2.24, 2.45) is 17.6 Å². The molecule has 1 aromatic carbocycles. The van der Waals surface area contributed by atoms with Gasteiger partial charge in [-0.3, -0.25) is 9.59 Å². The third-order valence-corrected chi connectivity index (χ3v) is 6.07. The number of hydrogen-bond acceptors (Lipinski definition) is 4. The molecule has 2 fully saturated rings. The van der Waals surface area contributed by atoms with E-state index in [1.54, 1.807) is 4.90 Å². The van der Waals surface area contributed by atoms with Crippen molar-refractivity contribution in [3.05, 3.63) is 24.3 Å². The molecular weight excluding hydrogens is 366 g/mol. The van der Waals surface area contributed by atoms with Gasteiger partial charge in [0.05, 0.1) is 5.69 Å². The van der Waals surface area contributed by atoms with Crippen molar-refractivity contribution in [2.75, 3.05) is 18.1 Å². The van der Waals surface area contributed by atoms with Gasteiger partial charge in [0.2, 0.25) is 5.91 Å². The normalized spacial score (nSPS) is 29.2. The van der Waals surface area contributed by atoms with Crippen LogP contribution in [-0.4, -0.2) is 37.0 Å². The second-order valence-electron chi connectivity index (χ2n) is 7.83. The van der Waals surface area contributed by atoms with E-state index in [-0.39, 0.29) is 42.9 Å². The SMILES string of the molecule is Cl.NC1CC2CCCC(C1)C2NC(=O)CCN1C(=O)COc2ccccc21. The van der Waals surface area contributed by atoms with E-state index in [0.29, 0.717) is 30.6 Å². The van der Waals surface area contributed by atoms with Crippen molar-refractivity contribution in [2.45, 2.75) is 50.6 Å². The number of hydrogen-bond donors (Lipinski definition) is 2. The lowest BCUT2D eigenvalue weighted by atomic mass is 9.67. The number of nitrogens with one attached hydrogen (secondary N) is 1. The predicted octanol–water partition coefficient (Wildman–Crippen LogP) is 2.25. The van der Waals surface area contributed by atoms with Gasteiger partial charge in [0, 0.05) is 25.0 Å². The highest BCUT2D eigenvalue weighted by Crippen LogP contribution is 2.39. The first-order chi connectivity index (χ1) is 12.6. The van der Waals surface area contributed by atoms with E-state index in [1.807, 2.05) is 24.3 Å². The summed E-state index contributed by atoms with van der Waals surface area (Å²) in [6, 6.07) is 8.00. The Morgan fingerprint density at radius 1 is 1.22 bits per heavy atom. The number of fused-ring (bicyclic) bond motifs is 3. The summed E-state index contributed by atoms with van der Waals surface area (Å²) in [5, 5.41) is 3.26. The van der Waals surface area contributed by atoms with Crippen molar-refractivity contribution in [3.8, 4) is 5.75 Å². The van der Waals surface area contributed by atoms with Crippen LogP contribution in [0.1, 0.15) is 38.5 Å². The third-order valence-electron chi connectivity index (χ3n) is 6.07. The summed E-state index contributed by atoms with van der Waals surface area (Å²) < 4.78 is 5.45. The van der Waals surface area contributed by atoms with E-state index in [1.165, 1.54) is 6.42 Å². The van der Waals surface area contributed by atoms with E-state index >= 15 is 0 Å². The van der Waals surface area contributed by atoms with E-state index in [2.05, 4.69) is 5.32 Å². The molecule has 7 heteroatoms. The molecule has 0 aromatic heterocycles. The van der Waals surface area contributed by atoms with Gasteiger partial charge in [0.15, 0.2) is 6.61 Å². The molecule has 3 aliphatic rings. The third kappa shape index (κ3) is 4.22. The molecule has 2 amide bonds. The largest absolute Gasteiger partial charge is 0.482 e. The minimum Gasteiger partial charge on any atom is -0.482 e. The first-order valence-corrected chi connectivity index (χ1v) is 9.69. The van der Waals surface area contributed by atoms with Crippen LogP contribution < -0.4 is 20.7 Å². The van der Waals surface area contributed by atoms with Crippen molar-refractivity contribution >= 4 is 29.9 Å². The van der Waals surface area contributed by atoms with E-state index in [4.69, 9.17) is 10.5 Å². The zero-order valence-electron chi connectivity index (χ0n) is 15.4. The maximum Gasteiger partial charge on any atom is 0.265 e. The summed E-state index contributed by atoms with van der Waals surface area (Å²) >= 11 is 0. The molecule has 2 bridgehead atoms. The average Bonchev–Trinajstić information content (AvgIpc) is 2.61. The lowest BCUT2D eigenvalue weighted by Gasteiger charge is -2.45. The molecule has 4 rings (SSSR count). The average molecular weight is 394 g/mol. The smallest absolute Gasteiger partial charge is 0.265 e. The number of carbonyl (C=O) groups excluding carboxylic acids is 2. The van der Waals surface area contributed by atoms with Crippen LogP contribution in [0.3, 0.4) is 0 Å². The van der Waals surface area contributed by atoms with Crippen LogP contribution in [0.25, 0.3) is 0 Å². The second kappa shape index (κ2) is 8.48. The standard InChI is InChI=1S/C20H27N3O3.ClH/c21-15-10-13-4-3-5-14(11-15)20(13)22-18(24)8-9-23-16-6-1-2-7-17(16)26-12-19(23)25;/h1-2,6-7,13-15,20H,3-5,8-12,21H2,(H,22,24);1H. The number of benzene rings is 1. The fourth-order valence-corrected chi connectivity index (χ4v) is 4.90. The molecule has 2 unspecified atom stereocenters. The number of nitrogens with zero attached hydrogens (tertiary/aromatic N) is 1. The lowest BCUT2D eigenvalue weighted by molar-refractivity contribution is -0.123. The number of amides is 2. The highest BCUT2D eigenvalue weighted by molar-refractivity contribution is 5.98. The summed E-state index contributed by atoms with van der Waals surface area (Å²) in [7, 11) is 0. The van der Waals surface area contributed by atoms with Gasteiger partial charge in [-0.05, 0) is 49.7 Å². The summed E-state index contributed by atoms with van der Waals surface area (Å²) in [5.41, 5.74) is 6.91. The molecule has 2 atom stereocenters. The maximum atomic E-state index is 12.6. The number of carbonyl (C=O) groups is 2. The highest BCUT2D eigenvalue weighted by Gasteiger charge is 2.39. The van der Waals surface area contributed by atoms with Crippen molar-refractivity contribution in [1.29, 1.82) is 0 Å². The topological polar surface area (TPSA) is 84.7 Å². The Kier molecular flexibility index (Phi) is 6.27. The Balaban J connectivity index is 0.00000210. The molecule has 2 aliphatic carbocycles. The Bertz CT molecular complexity index is 685. The number of anilines is 1. The monoisotopic (exact) mass is 393 g/mol. The van der Waals surface area contributed by atoms with E-state index in [9.17, 15) is 9.59 Å². The number of rotatable bonds is 4. The summed E-state index contributed by atoms with van der Waals surface area (Å²) in [6.07, 6.45) is 5.89. The fourth-order valence-electron chi connectivity index (χ4n) is 4.90. The lowest BCUT2D eigenvalue weighted by Crippen LogP contribution is -2.54. The molecule has 0 saturated heterocycles. The minimum atomic E-state index is -0.1000. The molecule has 6 nitrogen and oxygen atoms in total. The first kappa shape index (κ1) is 20.0. The van der Waals surface area contributed by atoms with Crippen LogP contribution in [0.5, 0.6) is 5.75 Å². The molecule has 27 heavy (non-hydrogen) atoms. The number of halogens is 1. The van der Waals surface area contributed by atoms with Crippen LogP contribution in [-0.2, 0) is 9.59 Å². The van der Waals surface area contributed by atoms with Crippen molar-refractivity contribution < 1.29 is 14.3 Å². The first-order valence-electron chi connectivity index (χ1n) is 9.69. The molecule has 3 N–H and O–H groups in total. The number of para-hydroxylation sites is 2. The van der Waals surface area contributed by atoms with Gasteiger partial charge in [-0.2, -0.15) is 0 Å². The molecule has 1 heterocycles. The molecule has 1 aromatic rings. The zero-order valence-corrected chi connectivity index (χ0v) is 16.2. The van der Waals surface area contributed by atoms with Crippen LogP contribution in [0.2, 0.25) is 0 Å². The van der Waals surface area contributed by atoms with Gasteiger partial charge >= 0.3 is 0 Å². The maximum absolute atomic E-state index is 12.6. The number of ether oxygens (including phenoxy) is 1. The Hall–Kier alpha value is -1.79. The van der Waals surface area contributed by atoms with Crippen LogP contribution in [0, 0.1) is 11.8 Å². The predicted molar refractivity (Wildman–Crippen MR) is 106 cm³/mol. The molecule has 1 aliphatic heterocycles. The highest BCUT2D eigenvalue weighted by atomic mass is 35.5. The molecule has 2 saturated carbocycles. The van der Waals surface area contributed by atoms with Crippen LogP contribution in [0.15, 0.2) is 24.3 Å². The summed E-state index contributed by atoms with van der Waals surface area (Å²) in [5.74, 6) is 1.64. The van der Waals surface area contributed by atoms with Crippen molar-refractivity contribution in [3.63, 3.8) is 0 Å². The van der Waals surface area contributed by atoms with Crippen LogP contribution >= 0.6 is 12.4 Å². The van der Waals surface area contributed by atoms with Crippen LogP contribution in [0.4, 0.5) is 5.69 Å². The van der Waals surface area contributed by atoms with Gasteiger partial charge < -0.3 is 20.7 Å². The fraction of sp³-hybridized carbons (Fsp3) is 0.600. The Morgan fingerprint density at radius 2 is 1.93 bits per heavy atom. The van der Waals surface area contributed by atoms with Gasteiger partial charge in [0.1, 0.15) is 5.75 Å². The van der Waals surface area contributed by atoms with E-state index < -0.39 is 0 Å².